The molecular formula is C21H24N6OS. The molecule has 8 heteroatoms. The lowest BCUT2D eigenvalue weighted by Crippen LogP contribution is -2.31. The highest BCUT2D eigenvalue weighted by atomic mass is 32.1. The van der Waals surface area contributed by atoms with E-state index in [1.807, 2.05) is 50.8 Å². The van der Waals surface area contributed by atoms with Crippen molar-refractivity contribution in [1.82, 2.24) is 24.8 Å². The fraction of sp³-hybridized carbons (Fsp3) is 0.381. The summed E-state index contributed by atoms with van der Waals surface area (Å²) in [5, 5.41) is 3.30. The van der Waals surface area contributed by atoms with Gasteiger partial charge in [-0.2, -0.15) is 0 Å². The molecule has 29 heavy (non-hydrogen) atoms. The van der Waals surface area contributed by atoms with Crippen molar-refractivity contribution in [1.29, 1.82) is 0 Å². The molecule has 4 heterocycles. The number of aromatic nitrogens is 4. The topological polar surface area (TPSA) is 83.9 Å². The first kappa shape index (κ1) is 19.4. The van der Waals surface area contributed by atoms with Crippen molar-refractivity contribution in [3.05, 3.63) is 57.1 Å². The van der Waals surface area contributed by atoms with Gasteiger partial charge in [-0.05, 0) is 58.7 Å². The molecule has 3 aromatic heterocycles. The number of nitrogens with one attached hydrogen (secondary N) is 1. The Hall–Kier alpha value is -2.87. The minimum Gasteiger partial charge on any atom is -0.329 e. The number of carbonyl (C=O) groups is 1. The Kier molecular flexibility index (Phi) is 5.27. The summed E-state index contributed by atoms with van der Waals surface area (Å²) in [7, 11) is 0. The van der Waals surface area contributed by atoms with Crippen LogP contribution in [0.1, 0.15) is 57.0 Å². The van der Waals surface area contributed by atoms with Crippen LogP contribution in [0.4, 0.5) is 11.6 Å². The van der Waals surface area contributed by atoms with E-state index in [4.69, 9.17) is 4.98 Å². The van der Waals surface area contributed by atoms with Crippen LogP contribution in [-0.2, 0) is 0 Å². The lowest BCUT2D eigenvalue weighted by Gasteiger charge is -2.24. The molecule has 7 nitrogen and oxygen atoms in total. The van der Waals surface area contributed by atoms with Gasteiger partial charge < -0.3 is 10.2 Å². The van der Waals surface area contributed by atoms with Crippen LogP contribution < -0.4 is 5.32 Å². The lowest BCUT2D eigenvalue weighted by molar-refractivity contribution is 0.0737. The highest BCUT2D eigenvalue weighted by Crippen LogP contribution is 2.34. The summed E-state index contributed by atoms with van der Waals surface area (Å²) in [6.45, 7) is 8.48. The fourth-order valence-corrected chi connectivity index (χ4v) is 4.56. The maximum Gasteiger partial charge on any atom is 0.266 e. The molecule has 0 spiro atoms. The van der Waals surface area contributed by atoms with Crippen LogP contribution in [-0.4, -0.2) is 37.3 Å². The van der Waals surface area contributed by atoms with E-state index in [0.717, 1.165) is 53.5 Å². The van der Waals surface area contributed by atoms with Crippen molar-refractivity contribution in [2.24, 2.45) is 0 Å². The van der Waals surface area contributed by atoms with Crippen molar-refractivity contribution in [3.8, 4) is 0 Å². The molecule has 1 aliphatic rings. The Morgan fingerprint density at radius 3 is 2.48 bits per heavy atom. The van der Waals surface area contributed by atoms with E-state index in [9.17, 15) is 4.79 Å². The summed E-state index contributed by atoms with van der Waals surface area (Å²) in [5.74, 6) is 0.613. The number of amides is 1. The van der Waals surface area contributed by atoms with Gasteiger partial charge in [-0.1, -0.05) is 0 Å². The number of nitrogens with zero attached hydrogens (tertiary/aromatic N) is 5. The average molecular weight is 409 g/mol. The molecule has 0 aromatic carbocycles. The molecule has 3 aromatic rings. The third kappa shape index (κ3) is 4.12. The van der Waals surface area contributed by atoms with E-state index in [1.165, 1.54) is 11.3 Å². The minimum atomic E-state index is -0.0374. The number of thiazole rings is 1. The molecule has 1 unspecified atom stereocenters. The van der Waals surface area contributed by atoms with E-state index in [2.05, 4.69) is 20.3 Å². The molecule has 0 bridgehead atoms. The molecule has 1 N–H and O–H groups in total. The Labute approximate surface area is 174 Å². The molecule has 1 atom stereocenters. The van der Waals surface area contributed by atoms with E-state index in [0.29, 0.717) is 10.8 Å². The number of hydrogen-bond donors (Lipinski definition) is 1. The van der Waals surface area contributed by atoms with Gasteiger partial charge in [0.15, 0.2) is 0 Å². The third-order valence-corrected chi connectivity index (χ3v) is 5.92. The highest BCUT2D eigenvalue weighted by Gasteiger charge is 2.33. The largest absolute Gasteiger partial charge is 0.329 e. The first-order valence-corrected chi connectivity index (χ1v) is 10.6. The number of carbonyl (C=O) groups excluding carboxylic acids is 1. The predicted octanol–water partition coefficient (Wildman–Crippen LogP) is 4.28. The van der Waals surface area contributed by atoms with Crippen molar-refractivity contribution in [2.75, 3.05) is 11.9 Å². The molecule has 1 amide bonds. The third-order valence-electron chi connectivity index (χ3n) is 5.01. The van der Waals surface area contributed by atoms with Crippen LogP contribution in [0.15, 0.2) is 23.7 Å². The maximum atomic E-state index is 13.1. The number of aryl methyl sites for hydroxylation is 4. The average Bonchev–Trinajstić information content (AvgIpc) is 3.28. The van der Waals surface area contributed by atoms with E-state index >= 15 is 0 Å². The summed E-state index contributed by atoms with van der Waals surface area (Å²) in [5.41, 5.74) is 7.01. The monoisotopic (exact) mass is 408 g/mol. The van der Waals surface area contributed by atoms with Crippen LogP contribution >= 0.6 is 11.3 Å². The van der Waals surface area contributed by atoms with E-state index in [1.54, 1.807) is 5.51 Å². The summed E-state index contributed by atoms with van der Waals surface area (Å²) in [4.78, 5) is 33.6. The Morgan fingerprint density at radius 1 is 1.07 bits per heavy atom. The quantitative estimate of drug-likeness (QED) is 0.694. The maximum absolute atomic E-state index is 13.1. The number of hydrogen-bond acceptors (Lipinski definition) is 7. The smallest absolute Gasteiger partial charge is 0.266 e. The zero-order valence-corrected chi connectivity index (χ0v) is 17.9. The van der Waals surface area contributed by atoms with Gasteiger partial charge >= 0.3 is 0 Å². The molecule has 1 saturated heterocycles. The van der Waals surface area contributed by atoms with Gasteiger partial charge in [0.25, 0.3) is 5.91 Å². The molecule has 1 fully saturated rings. The van der Waals surface area contributed by atoms with Crippen LogP contribution in [0.2, 0.25) is 0 Å². The second-order valence-electron chi connectivity index (χ2n) is 7.44. The zero-order valence-electron chi connectivity index (χ0n) is 17.1. The van der Waals surface area contributed by atoms with Gasteiger partial charge in [0.1, 0.15) is 4.88 Å². The lowest BCUT2D eigenvalue weighted by atomic mass is 10.1. The summed E-state index contributed by atoms with van der Waals surface area (Å²) >= 11 is 1.40. The second-order valence-corrected chi connectivity index (χ2v) is 8.30. The van der Waals surface area contributed by atoms with Gasteiger partial charge in [0.2, 0.25) is 5.95 Å². The summed E-state index contributed by atoms with van der Waals surface area (Å²) < 4.78 is 0. The Bertz CT molecular complexity index is 1040. The van der Waals surface area contributed by atoms with Gasteiger partial charge in [-0.15, -0.1) is 11.3 Å². The number of anilines is 2. The van der Waals surface area contributed by atoms with Crippen LogP contribution in [0.3, 0.4) is 0 Å². The predicted molar refractivity (Wildman–Crippen MR) is 114 cm³/mol. The standard InChI is InChI=1S/C21H24N6OS/c1-12-8-13(2)25-21(24-12)26-16-9-14(3)23-17(10-16)18-6-5-7-27(18)20(28)19-15(4)22-11-29-19/h8-11,18H,5-7H2,1-4H3,(H,23,24,25,26). The molecule has 0 saturated carbocycles. The molecule has 150 valence electrons. The second kappa shape index (κ2) is 7.87. The molecular weight excluding hydrogens is 384 g/mol. The van der Waals surface area contributed by atoms with E-state index < -0.39 is 0 Å². The Balaban J connectivity index is 1.62. The van der Waals surface area contributed by atoms with E-state index in [-0.39, 0.29) is 11.9 Å². The molecule has 0 aliphatic carbocycles. The number of rotatable bonds is 4. The van der Waals surface area contributed by atoms with Gasteiger partial charge in [0, 0.05) is 29.3 Å². The summed E-state index contributed by atoms with van der Waals surface area (Å²) in [6.07, 6.45) is 1.87. The van der Waals surface area contributed by atoms with Gasteiger partial charge in [-0.3, -0.25) is 9.78 Å². The van der Waals surface area contributed by atoms with Gasteiger partial charge in [0.05, 0.1) is 22.9 Å². The number of likely N-dealkylation sites (tertiary alicyclic amines) is 1. The molecule has 1 aliphatic heterocycles. The van der Waals surface area contributed by atoms with Crippen LogP contribution in [0.5, 0.6) is 0 Å². The highest BCUT2D eigenvalue weighted by molar-refractivity contribution is 7.11. The van der Waals surface area contributed by atoms with Gasteiger partial charge in [-0.25, -0.2) is 15.0 Å². The Morgan fingerprint density at radius 2 is 1.79 bits per heavy atom. The first-order valence-electron chi connectivity index (χ1n) is 9.69. The van der Waals surface area contributed by atoms with Crippen molar-refractivity contribution >= 4 is 28.9 Å². The van der Waals surface area contributed by atoms with Crippen LogP contribution in [0.25, 0.3) is 0 Å². The normalized spacial score (nSPS) is 16.3. The van der Waals surface area contributed by atoms with Crippen LogP contribution in [0, 0.1) is 27.7 Å². The molecule has 4 rings (SSSR count). The van der Waals surface area contributed by atoms with Crippen molar-refractivity contribution in [2.45, 2.75) is 46.6 Å². The van der Waals surface area contributed by atoms with Crippen molar-refractivity contribution in [3.63, 3.8) is 0 Å². The number of pyridine rings is 1. The summed E-state index contributed by atoms with van der Waals surface area (Å²) in [6, 6.07) is 5.88. The minimum absolute atomic E-state index is 0.0374. The molecule has 0 radical (unpaired) electrons. The first-order chi connectivity index (χ1) is 13.9. The SMILES string of the molecule is Cc1cc(Nc2nc(C)cc(C)n2)cc(C2CCCN2C(=O)c2scnc2C)n1. The van der Waals surface area contributed by atoms with Crippen molar-refractivity contribution < 1.29 is 4.79 Å². The fourth-order valence-electron chi connectivity index (χ4n) is 3.80. The zero-order chi connectivity index (χ0) is 20.5.